The summed E-state index contributed by atoms with van der Waals surface area (Å²) in [6, 6.07) is 6.34. The third-order valence-electron chi connectivity index (χ3n) is 4.05. The van der Waals surface area contributed by atoms with E-state index in [0.717, 1.165) is 23.0 Å². The maximum absolute atomic E-state index is 6.28. The molecule has 0 radical (unpaired) electrons. The van der Waals surface area contributed by atoms with Crippen molar-refractivity contribution in [2.75, 3.05) is 6.54 Å². The molecule has 1 N–H and O–H groups in total. The molecule has 0 amide bonds. The lowest BCUT2D eigenvalue weighted by molar-refractivity contribution is 0.0707. The fourth-order valence-corrected chi connectivity index (χ4v) is 3.26. The Bertz CT molecular complexity index is 415. The molecule has 1 aromatic rings. The Balaban J connectivity index is 2.23. The lowest BCUT2D eigenvalue weighted by atomic mass is 9.56. The van der Waals surface area contributed by atoms with Gasteiger partial charge in [-0.15, -0.1) is 0 Å². The summed E-state index contributed by atoms with van der Waals surface area (Å²) in [6.07, 6.45) is 1.14. The molecule has 0 aromatic heterocycles. The molecule has 94 valence electrons. The van der Waals surface area contributed by atoms with Crippen LogP contribution in [0, 0.1) is 5.41 Å². The topological polar surface area (TPSA) is 12.0 Å². The molecule has 0 saturated heterocycles. The van der Waals surface area contributed by atoms with Crippen LogP contribution in [-0.4, -0.2) is 12.6 Å². The molecule has 0 bridgehead atoms. The summed E-state index contributed by atoms with van der Waals surface area (Å²) in [4.78, 5) is 0. The minimum Gasteiger partial charge on any atom is -0.314 e. The lowest BCUT2D eigenvalue weighted by Crippen LogP contribution is -2.55. The van der Waals surface area contributed by atoms with Gasteiger partial charge in [-0.2, -0.15) is 0 Å². The molecular formula is C14H19Cl2N. The highest BCUT2D eigenvalue weighted by atomic mass is 35.5. The van der Waals surface area contributed by atoms with Gasteiger partial charge in [0, 0.05) is 16.1 Å². The fourth-order valence-electron chi connectivity index (χ4n) is 2.83. The van der Waals surface area contributed by atoms with Crippen molar-refractivity contribution in [3.63, 3.8) is 0 Å². The van der Waals surface area contributed by atoms with E-state index < -0.39 is 0 Å². The maximum Gasteiger partial charge on any atom is 0.0442 e. The van der Waals surface area contributed by atoms with Crippen LogP contribution in [0.2, 0.25) is 10.0 Å². The predicted molar refractivity (Wildman–Crippen MR) is 75.1 cm³/mol. The minimum absolute atomic E-state index is 0.240. The van der Waals surface area contributed by atoms with Crippen LogP contribution in [0.25, 0.3) is 0 Å². The third-order valence-corrected chi connectivity index (χ3v) is 4.63. The molecule has 1 aliphatic carbocycles. The van der Waals surface area contributed by atoms with Crippen LogP contribution in [0.4, 0.5) is 0 Å². The molecule has 0 heterocycles. The summed E-state index contributed by atoms with van der Waals surface area (Å²) in [5.41, 5.74) is 1.43. The first kappa shape index (κ1) is 13.2. The highest BCUT2D eigenvalue weighted by Gasteiger charge is 2.48. The van der Waals surface area contributed by atoms with Crippen molar-refractivity contribution in [2.45, 2.75) is 39.2 Å². The van der Waals surface area contributed by atoms with E-state index in [2.05, 4.69) is 26.1 Å². The van der Waals surface area contributed by atoms with Gasteiger partial charge in [0.2, 0.25) is 0 Å². The van der Waals surface area contributed by atoms with Gasteiger partial charge in [0.1, 0.15) is 0 Å². The van der Waals surface area contributed by atoms with Crippen LogP contribution in [0.1, 0.15) is 38.7 Å². The van der Waals surface area contributed by atoms with E-state index in [1.54, 1.807) is 0 Å². The molecule has 1 saturated carbocycles. The van der Waals surface area contributed by atoms with Crippen molar-refractivity contribution < 1.29 is 0 Å². The first-order valence-corrected chi connectivity index (χ1v) is 6.90. The van der Waals surface area contributed by atoms with Gasteiger partial charge in [0.25, 0.3) is 0 Å². The van der Waals surface area contributed by atoms with Crippen molar-refractivity contribution in [2.24, 2.45) is 5.41 Å². The summed E-state index contributed by atoms with van der Waals surface area (Å²) in [5, 5.41) is 5.14. The average Bonchev–Trinajstić information content (AvgIpc) is 2.28. The van der Waals surface area contributed by atoms with Gasteiger partial charge in [0.05, 0.1) is 0 Å². The summed E-state index contributed by atoms with van der Waals surface area (Å²) in [5.74, 6) is 0.498. The van der Waals surface area contributed by atoms with E-state index in [0.29, 0.717) is 12.0 Å². The first-order chi connectivity index (χ1) is 7.96. The number of hydrogen-bond acceptors (Lipinski definition) is 1. The van der Waals surface area contributed by atoms with Gasteiger partial charge in [-0.1, -0.05) is 44.0 Å². The van der Waals surface area contributed by atoms with Crippen molar-refractivity contribution in [3.05, 3.63) is 33.8 Å². The van der Waals surface area contributed by atoms with E-state index in [4.69, 9.17) is 23.2 Å². The van der Waals surface area contributed by atoms with E-state index >= 15 is 0 Å². The average molecular weight is 272 g/mol. The minimum atomic E-state index is 0.240. The normalized spacial score (nSPS) is 26.6. The molecule has 1 nitrogen and oxygen atoms in total. The highest BCUT2D eigenvalue weighted by Crippen LogP contribution is 2.54. The maximum atomic E-state index is 6.28. The lowest BCUT2D eigenvalue weighted by Gasteiger charge is -2.53. The largest absolute Gasteiger partial charge is 0.314 e. The number of rotatable bonds is 3. The van der Waals surface area contributed by atoms with E-state index in [9.17, 15) is 0 Å². The molecule has 2 rings (SSSR count). The molecular weight excluding hydrogens is 253 g/mol. The number of halogens is 2. The Morgan fingerprint density at radius 1 is 1.35 bits per heavy atom. The molecule has 2 atom stereocenters. The first-order valence-electron chi connectivity index (χ1n) is 6.15. The Morgan fingerprint density at radius 3 is 2.65 bits per heavy atom. The smallest absolute Gasteiger partial charge is 0.0442 e. The van der Waals surface area contributed by atoms with E-state index in [1.165, 1.54) is 5.56 Å². The summed E-state index contributed by atoms with van der Waals surface area (Å²) < 4.78 is 0. The van der Waals surface area contributed by atoms with Crippen LogP contribution < -0.4 is 5.32 Å². The molecule has 1 aromatic carbocycles. The summed E-state index contributed by atoms with van der Waals surface area (Å²) in [6.45, 7) is 7.76. The number of hydrogen-bond donors (Lipinski definition) is 1. The van der Waals surface area contributed by atoms with E-state index in [1.807, 2.05) is 18.2 Å². The van der Waals surface area contributed by atoms with Crippen molar-refractivity contribution in [3.8, 4) is 0 Å². The molecule has 17 heavy (non-hydrogen) atoms. The van der Waals surface area contributed by atoms with Crippen molar-refractivity contribution in [1.29, 1.82) is 0 Å². The van der Waals surface area contributed by atoms with Crippen LogP contribution in [-0.2, 0) is 0 Å². The second kappa shape index (κ2) is 4.79. The zero-order valence-corrected chi connectivity index (χ0v) is 12.1. The van der Waals surface area contributed by atoms with Crippen LogP contribution in [0.5, 0.6) is 0 Å². The van der Waals surface area contributed by atoms with Gasteiger partial charge >= 0.3 is 0 Å². The Labute approximate surface area is 114 Å². The molecule has 3 heteroatoms. The van der Waals surface area contributed by atoms with Gasteiger partial charge in [-0.05, 0) is 48.1 Å². The second-order valence-corrected chi connectivity index (χ2v) is 6.23. The van der Waals surface area contributed by atoms with Gasteiger partial charge in [-0.25, -0.2) is 0 Å². The molecule has 0 aliphatic heterocycles. The zero-order valence-electron chi connectivity index (χ0n) is 10.6. The van der Waals surface area contributed by atoms with Crippen molar-refractivity contribution in [1.82, 2.24) is 5.32 Å². The van der Waals surface area contributed by atoms with Gasteiger partial charge < -0.3 is 5.32 Å². The van der Waals surface area contributed by atoms with Crippen LogP contribution >= 0.6 is 23.2 Å². The van der Waals surface area contributed by atoms with Crippen molar-refractivity contribution >= 4 is 23.2 Å². The summed E-state index contributed by atoms with van der Waals surface area (Å²) >= 11 is 12.3. The monoisotopic (exact) mass is 271 g/mol. The Kier molecular flexibility index (Phi) is 3.72. The van der Waals surface area contributed by atoms with Gasteiger partial charge in [0.15, 0.2) is 0 Å². The third kappa shape index (κ3) is 2.33. The Morgan fingerprint density at radius 2 is 2.06 bits per heavy atom. The quantitative estimate of drug-likeness (QED) is 0.855. The number of nitrogens with one attached hydrogen (secondary N) is 1. The molecule has 1 fully saturated rings. The fraction of sp³-hybridized carbons (Fsp3) is 0.571. The molecule has 2 unspecified atom stereocenters. The predicted octanol–water partition coefficient (Wildman–Crippen LogP) is 4.49. The highest BCUT2D eigenvalue weighted by molar-refractivity contribution is 6.33. The van der Waals surface area contributed by atoms with E-state index in [-0.39, 0.29) is 5.41 Å². The molecule has 1 aliphatic rings. The second-order valence-electron chi connectivity index (χ2n) is 5.39. The summed E-state index contributed by atoms with van der Waals surface area (Å²) in [7, 11) is 0. The van der Waals surface area contributed by atoms with Gasteiger partial charge in [-0.3, -0.25) is 0 Å². The van der Waals surface area contributed by atoms with Crippen LogP contribution in [0.15, 0.2) is 18.2 Å². The number of benzene rings is 1. The standard InChI is InChI=1S/C14H19Cl2N/c1-4-17-13-8-11(14(13,2)3)10-7-9(15)5-6-12(10)16/h5-7,11,13,17H,4,8H2,1-3H3. The Hall–Kier alpha value is -0.240. The SMILES string of the molecule is CCNC1CC(c2cc(Cl)ccc2Cl)C1(C)C. The molecule has 0 spiro atoms. The zero-order chi connectivity index (χ0) is 12.6. The van der Waals surface area contributed by atoms with Crippen LogP contribution in [0.3, 0.4) is 0 Å².